The maximum atomic E-state index is 5.28. The normalized spacial score (nSPS) is 11.4. The van der Waals surface area contributed by atoms with E-state index in [9.17, 15) is 0 Å². The van der Waals surface area contributed by atoms with Gasteiger partial charge in [-0.2, -0.15) is 0 Å². The van der Waals surface area contributed by atoms with Crippen molar-refractivity contribution in [3.8, 4) is 78.7 Å². The number of fused-ring (bicyclic) bond motifs is 6. The molecule has 0 amide bonds. The molecule has 1 heterocycles. The first-order chi connectivity index (χ1) is 31.7. The largest absolute Gasteiger partial charge is 0.208 e. The van der Waals surface area contributed by atoms with E-state index in [-0.39, 0.29) is 0 Å². The molecule has 0 saturated carbocycles. The van der Waals surface area contributed by atoms with Crippen molar-refractivity contribution in [2.45, 2.75) is 0 Å². The number of benzene rings is 11. The van der Waals surface area contributed by atoms with Gasteiger partial charge in [0.15, 0.2) is 17.5 Å². The molecule has 0 aliphatic carbocycles. The van der Waals surface area contributed by atoms with E-state index < -0.39 is 0 Å². The average Bonchev–Trinajstić information content (AvgIpc) is 3.38. The molecule has 12 aromatic rings. The molecule has 0 aliphatic rings. The second-order valence-electron chi connectivity index (χ2n) is 16.4. The predicted molar refractivity (Wildman–Crippen MR) is 268 cm³/mol. The van der Waals surface area contributed by atoms with Gasteiger partial charge in [-0.25, -0.2) is 15.0 Å². The number of nitrogens with zero attached hydrogens (tertiary/aromatic N) is 3. The summed E-state index contributed by atoms with van der Waals surface area (Å²) in [5.41, 5.74) is 11.8. The van der Waals surface area contributed by atoms with Gasteiger partial charge in [-0.15, -0.1) is 0 Å². The second-order valence-corrected chi connectivity index (χ2v) is 16.4. The highest BCUT2D eigenvalue weighted by Gasteiger charge is 2.17. The second kappa shape index (κ2) is 15.7. The van der Waals surface area contributed by atoms with Gasteiger partial charge in [0.1, 0.15) is 0 Å². The summed E-state index contributed by atoms with van der Waals surface area (Å²) in [6.45, 7) is 0. The van der Waals surface area contributed by atoms with Crippen LogP contribution in [0.1, 0.15) is 0 Å². The molecule has 11 aromatic carbocycles. The van der Waals surface area contributed by atoms with Gasteiger partial charge in [0, 0.05) is 16.7 Å². The van der Waals surface area contributed by atoms with Gasteiger partial charge in [0.05, 0.1) is 0 Å². The Morgan fingerprint density at radius 1 is 0.172 bits per heavy atom. The summed E-state index contributed by atoms with van der Waals surface area (Å²) in [5.74, 6) is 1.85. The maximum absolute atomic E-state index is 5.28. The number of rotatable bonds is 7. The monoisotopic (exact) mass is 813 g/mol. The molecule has 64 heavy (non-hydrogen) atoms. The minimum absolute atomic E-state index is 0.612. The van der Waals surface area contributed by atoms with Crippen LogP contribution in [0.4, 0.5) is 0 Å². The molecule has 1 aromatic heterocycles. The predicted octanol–water partition coefficient (Wildman–Crippen LogP) is 16.2. The lowest BCUT2D eigenvalue weighted by atomic mass is 9.92. The standard InChI is InChI=1S/C61H39N3/c1-3-11-40(12-4-1)42-19-25-46(26-20-42)59-62-60(47-27-21-43(22-28-47)41-13-5-2-6-14-41)64-61(63-59)54-38-52(48-31-33-57-50(35-48)29-23-44-15-7-9-17-55(44)57)37-53(39-54)49-32-34-58-51(36-49)30-24-45-16-8-10-18-56(45)58/h1-39H. The maximum Gasteiger partial charge on any atom is 0.164 e. The van der Waals surface area contributed by atoms with E-state index in [0.717, 1.165) is 61.2 Å². The fourth-order valence-corrected chi connectivity index (χ4v) is 9.12. The lowest BCUT2D eigenvalue weighted by Crippen LogP contribution is -2.01. The zero-order valence-corrected chi connectivity index (χ0v) is 34.9. The van der Waals surface area contributed by atoms with Crippen LogP contribution in [0.15, 0.2) is 237 Å². The Morgan fingerprint density at radius 3 is 0.938 bits per heavy atom. The minimum atomic E-state index is 0.612. The molecular weight excluding hydrogens is 775 g/mol. The van der Waals surface area contributed by atoms with Gasteiger partial charge >= 0.3 is 0 Å². The van der Waals surface area contributed by atoms with E-state index in [1.807, 2.05) is 12.1 Å². The van der Waals surface area contributed by atoms with Gasteiger partial charge in [-0.05, 0) is 118 Å². The first kappa shape index (κ1) is 37.2. The van der Waals surface area contributed by atoms with E-state index in [4.69, 9.17) is 15.0 Å². The Hall–Kier alpha value is -8.53. The smallest absolute Gasteiger partial charge is 0.164 e. The van der Waals surface area contributed by atoms with Crippen LogP contribution in [-0.2, 0) is 0 Å². The van der Waals surface area contributed by atoms with Crippen molar-refractivity contribution >= 4 is 43.1 Å². The van der Waals surface area contributed by atoms with Crippen molar-refractivity contribution in [1.82, 2.24) is 15.0 Å². The van der Waals surface area contributed by atoms with Crippen LogP contribution in [-0.4, -0.2) is 15.0 Å². The molecule has 298 valence electrons. The molecule has 12 rings (SSSR count). The van der Waals surface area contributed by atoms with Crippen LogP contribution >= 0.6 is 0 Å². The van der Waals surface area contributed by atoms with Crippen LogP contribution < -0.4 is 0 Å². The first-order valence-corrected chi connectivity index (χ1v) is 21.7. The van der Waals surface area contributed by atoms with Crippen molar-refractivity contribution in [1.29, 1.82) is 0 Å². The van der Waals surface area contributed by atoms with E-state index >= 15 is 0 Å². The molecular formula is C61H39N3. The molecule has 3 nitrogen and oxygen atoms in total. The zero-order chi connectivity index (χ0) is 42.4. The molecule has 0 unspecified atom stereocenters. The lowest BCUT2D eigenvalue weighted by molar-refractivity contribution is 1.07. The number of hydrogen-bond acceptors (Lipinski definition) is 3. The average molecular weight is 814 g/mol. The summed E-state index contributed by atoms with van der Waals surface area (Å²) in [7, 11) is 0. The third-order valence-electron chi connectivity index (χ3n) is 12.5. The fraction of sp³-hybridized carbons (Fsp3) is 0. The van der Waals surface area contributed by atoms with E-state index in [0.29, 0.717) is 17.5 Å². The van der Waals surface area contributed by atoms with Gasteiger partial charge in [-0.1, -0.05) is 206 Å². The van der Waals surface area contributed by atoms with Gasteiger partial charge in [-0.3, -0.25) is 0 Å². The molecule has 0 aliphatic heterocycles. The highest BCUT2D eigenvalue weighted by molar-refractivity contribution is 6.09. The highest BCUT2D eigenvalue weighted by atomic mass is 15.0. The fourth-order valence-electron chi connectivity index (χ4n) is 9.12. The topological polar surface area (TPSA) is 38.7 Å². The van der Waals surface area contributed by atoms with E-state index in [1.165, 1.54) is 43.1 Å². The van der Waals surface area contributed by atoms with E-state index in [1.54, 1.807) is 0 Å². The molecule has 0 spiro atoms. The number of hydrogen-bond donors (Lipinski definition) is 0. The zero-order valence-electron chi connectivity index (χ0n) is 34.9. The summed E-state index contributed by atoms with van der Waals surface area (Å²) in [6, 6.07) is 84.4. The van der Waals surface area contributed by atoms with Gasteiger partial charge in [0.2, 0.25) is 0 Å². The van der Waals surface area contributed by atoms with Crippen LogP contribution in [0, 0.1) is 0 Å². The van der Waals surface area contributed by atoms with Crippen molar-refractivity contribution in [3.63, 3.8) is 0 Å². The van der Waals surface area contributed by atoms with E-state index in [2.05, 4.69) is 224 Å². The van der Waals surface area contributed by atoms with Crippen molar-refractivity contribution in [2.75, 3.05) is 0 Å². The first-order valence-electron chi connectivity index (χ1n) is 21.7. The molecule has 0 saturated heterocycles. The SMILES string of the molecule is c1ccc(-c2ccc(-c3nc(-c4ccc(-c5ccccc5)cc4)nc(-c4cc(-c5ccc6c(ccc7ccccc76)c5)cc(-c5ccc6c(ccc7ccccc76)c5)c4)n3)cc2)cc1. The Morgan fingerprint density at radius 2 is 0.484 bits per heavy atom. The highest BCUT2D eigenvalue weighted by Crippen LogP contribution is 2.38. The van der Waals surface area contributed by atoms with Crippen molar-refractivity contribution in [2.24, 2.45) is 0 Å². The Balaban J connectivity index is 1.04. The molecule has 0 atom stereocenters. The summed E-state index contributed by atoms with van der Waals surface area (Å²) < 4.78 is 0. The Bertz CT molecular complexity index is 3450. The third-order valence-corrected chi connectivity index (χ3v) is 12.5. The summed E-state index contributed by atoms with van der Waals surface area (Å²) in [6.07, 6.45) is 0. The van der Waals surface area contributed by atoms with Crippen molar-refractivity contribution in [3.05, 3.63) is 237 Å². The summed E-state index contributed by atoms with van der Waals surface area (Å²) in [5, 5.41) is 9.86. The third kappa shape index (κ3) is 6.96. The Kier molecular flexibility index (Phi) is 9.16. The summed E-state index contributed by atoms with van der Waals surface area (Å²) >= 11 is 0. The van der Waals surface area contributed by atoms with Crippen molar-refractivity contribution < 1.29 is 0 Å². The molecule has 0 bridgehead atoms. The summed E-state index contributed by atoms with van der Waals surface area (Å²) in [4.78, 5) is 15.7. The van der Waals surface area contributed by atoms with Crippen LogP contribution in [0.2, 0.25) is 0 Å². The van der Waals surface area contributed by atoms with Gasteiger partial charge in [0.25, 0.3) is 0 Å². The lowest BCUT2D eigenvalue weighted by Gasteiger charge is -2.14. The van der Waals surface area contributed by atoms with Crippen LogP contribution in [0.3, 0.4) is 0 Å². The molecule has 0 N–H and O–H groups in total. The quantitative estimate of drug-likeness (QED) is 0.150. The number of aromatic nitrogens is 3. The van der Waals surface area contributed by atoms with Crippen LogP contribution in [0.25, 0.3) is 122 Å². The van der Waals surface area contributed by atoms with Gasteiger partial charge < -0.3 is 0 Å². The molecule has 3 heteroatoms. The molecule has 0 fully saturated rings. The van der Waals surface area contributed by atoms with Crippen LogP contribution in [0.5, 0.6) is 0 Å². The minimum Gasteiger partial charge on any atom is -0.208 e. The molecule has 0 radical (unpaired) electrons. The Labute approximate surface area is 371 Å².